The van der Waals surface area contributed by atoms with Crippen LogP contribution in [-0.4, -0.2) is 30.3 Å². The molecule has 0 spiro atoms. The van der Waals surface area contributed by atoms with Crippen LogP contribution in [0.2, 0.25) is 0 Å². The largest absolute Gasteiger partial charge is 0.341 e. The number of nitrogens with zero attached hydrogens (tertiary/aromatic N) is 1. The van der Waals surface area contributed by atoms with E-state index >= 15 is 0 Å². The van der Waals surface area contributed by atoms with E-state index in [4.69, 9.17) is 11.6 Å². The van der Waals surface area contributed by atoms with Gasteiger partial charge in [0.05, 0.1) is 4.88 Å². The Balaban J connectivity index is 1.92. The van der Waals surface area contributed by atoms with Crippen LogP contribution in [0.5, 0.6) is 0 Å². The highest BCUT2D eigenvalue weighted by molar-refractivity contribution is 7.27. The van der Waals surface area contributed by atoms with Crippen LogP contribution < -0.4 is 0 Å². The van der Waals surface area contributed by atoms with Gasteiger partial charge in [0, 0.05) is 28.9 Å². The number of alkyl halides is 1. The number of hydrogen-bond donors (Lipinski definition) is 0. The van der Waals surface area contributed by atoms with Crippen LogP contribution >= 0.6 is 34.3 Å². The summed E-state index contributed by atoms with van der Waals surface area (Å²) in [6.07, 6.45) is 3.13. The Labute approximate surface area is 120 Å². The molecule has 18 heavy (non-hydrogen) atoms. The summed E-state index contributed by atoms with van der Waals surface area (Å²) in [4.78, 5) is 14.8. The summed E-state index contributed by atoms with van der Waals surface area (Å²) in [5.41, 5.74) is 0. The minimum atomic E-state index is 0.134. The molecule has 0 fully saturated rings. The van der Waals surface area contributed by atoms with Crippen molar-refractivity contribution >= 4 is 49.6 Å². The number of rotatable bonds is 6. The number of halogens is 1. The van der Waals surface area contributed by atoms with Crippen LogP contribution in [0.1, 0.15) is 28.9 Å². The Hall–Kier alpha value is -0.580. The quantitative estimate of drug-likeness (QED) is 0.570. The van der Waals surface area contributed by atoms with Crippen LogP contribution in [0.15, 0.2) is 17.5 Å². The molecule has 1 amide bonds. The van der Waals surface area contributed by atoms with Gasteiger partial charge in [-0.3, -0.25) is 4.79 Å². The third-order valence-electron chi connectivity index (χ3n) is 2.82. The summed E-state index contributed by atoms with van der Waals surface area (Å²) in [5, 5.41) is 2.06. The first-order valence-electron chi connectivity index (χ1n) is 6.01. The zero-order valence-electron chi connectivity index (χ0n) is 10.3. The second-order valence-electron chi connectivity index (χ2n) is 4.24. The summed E-state index contributed by atoms with van der Waals surface area (Å²) in [6.45, 7) is 0.807. The van der Waals surface area contributed by atoms with Gasteiger partial charge in [-0.1, -0.05) is 6.42 Å². The van der Waals surface area contributed by atoms with Gasteiger partial charge < -0.3 is 4.90 Å². The molecule has 0 aliphatic rings. The van der Waals surface area contributed by atoms with Gasteiger partial charge in [-0.25, -0.2) is 0 Å². The zero-order chi connectivity index (χ0) is 13.0. The first kappa shape index (κ1) is 13.8. The normalized spacial score (nSPS) is 11.0. The minimum absolute atomic E-state index is 0.134. The molecule has 0 radical (unpaired) electrons. The maximum Gasteiger partial charge on any atom is 0.263 e. The Bertz CT molecular complexity index is 491. The van der Waals surface area contributed by atoms with E-state index < -0.39 is 0 Å². The monoisotopic (exact) mass is 301 g/mol. The van der Waals surface area contributed by atoms with Crippen LogP contribution in [0.4, 0.5) is 0 Å². The number of carbonyl (C=O) groups is 1. The van der Waals surface area contributed by atoms with Crippen molar-refractivity contribution in [2.45, 2.75) is 19.3 Å². The van der Waals surface area contributed by atoms with E-state index in [1.165, 1.54) is 9.40 Å². The number of fused-ring (bicyclic) bond motifs is 1. The van der Waals surface area contributed by atoms with Crippen LogP contribution in [0.3, 0.4) is 0 Å². The molecule has 0 aliphatic heterocycles. The highest BCUT2D eigenvalue weighted by Crippen LogP contribution is 2.30. The fourth-order valence-corrected chi connectivity index (χ4v) is 4.07. The van der Waals surface area contributed by atoms with Crippen molar-refractivity contribution in [1.82, 2.24) is 4.90 Å². The third kappa shape index (κ3) is 3.25. The molecule has 2 aromatic rings. The molecule has 0 atom stereocenters. The fraction of sp³-hybridized carbons (Fsp3) is 0.462. The van der Waals surface area contributed by atoms with Crippen molar-refractivity contribution in [2.24, 2.45) is 0 Å². The predicted molar refractivity (Wildman–Crippen MR) is 81.2 cm³/mol. The van der Waals surface area contributed by atoms with Crippen molar-refractivity contribution in [2.75, 3.05) is 19.5 Å². The molecule has 2 aromatic heterocycles. The number of thiophene rings is 2. The lowest BCUT2D eigenvalue weighted by atomic mass is 10.2. The molecule has 2 rings (SSSR count). The van der Waals surface area contributed by atoms with Gasteiger partial charge in [-0.2, -0.15) is 0 Å². The molecular weight excluding hydrogens is 286 g/mol. The van der Waals surface area contributed by atoms with Crippen molar-refractivity contribution in [3.63, 3.8) is 0 Å². The molecule has 0 saturated carbocycles. The number of unbranched alkanes of at least 4 members (excludes halogenated alkanes) is 2. The standard InChI is InChI=1S/C13H16ClNOS2/c1-15(7-4-2-3-6-14)13(16)12-9-11-10(18-12)5-8-17-11/h5,8-9H,2-4,6-7H2,1H3. The molecule has 0 saturated heterocycles. The molecule has 0 N–H and O–H groups in total. The maximum atomic E-state index is 12.2. The highest BCUT2D eigenvalue weighted by Gasteiger charge is 2.14. The molecule has 5 heteroatoms. The maximum absolute atomic E-state index is 12.2. The first-order valence-corrected chi connectivity index (χ1v) is 8.24. The zero-order valence-corrected chi connectivity index (χ0v) is 12.7. The van der Waals surface area contributed by atoms with E-state index in [9.17, 15) is 4.79 Å². The number of hydrogen-bond acceptors (Lipinski definition) is 3. The van der Waals surface area contributed by atoms with Crippen LogP contribution in [-0.2, 0) is 0 Å². The summed E-state index contributed by atoms with van der Waals surface area (Å²) in [7, 11) is 1.87. The van der Waals surface area contributed by atoms with E-state index in [0.717, 1.165) is 30.7 Å². The minimum Gasteiger partial charge on any atom is -0.341 e. The Morgan fingerprint density at radius 2 is 2.17 bits per heavy atom. The molecule has 98 valence electrons. The van der Waals surface area contributed by atoms with Crippen molar-refractivity contribution < 1.29 is 4.79 Å². The topological polar surface area (TPSA) is 20.3 Å². The molecule has 0 bridgehead atoms. The van der Waals surface area contributed by atoms with E-state index in [2.05, 4.69) is 11.4 Å². The molecule has 0 unspecified atom stereocenters. The first-order chi connectivity index (χ1) is 8.72. The van der Waals surface area contributed by atoms with Gasteiger partial charge >= 0.3 is 0 Å². The fourth-order valence-electron chi connectivity index (χ4n) is 1.78. The van der Waals surface area contributed by atoms with E-state index in [-0.39, 0.29) is 5.91 Å². The van der Waals surface area contributed by atoms with Gasteiger partial charge in [0.15, 0.2) is 0 Å². The van der Waals surface area contributed by atoms with Gasteiger partial charge in [0.2, 0.25) is 0 Å². The Morgan fingerprint density at radius 3 is 2.89 bits per heavy atom. The van der Waals surface area contributed by atoms with Crippen LogP contribution in [0.25, 0.3) is 9.40 Å². The van der Waals surface area contributed by atoms with E-state index in [1.807, 2.05) is 18.0 Å². The summed E-state index contributed by atoms with van der Waals surface area (Å²) >= 11 is 8.90. The SMILES string of the molecule is CN(CCCCCCl)C(=O)c1cc2sccc2s1. The van der Waals surface area contributed by atoms with Crippen molar-refractivity contribution in [3.8, 4) is 0 Å². The van der Waals surface area contributed by atoms with Crippen molar-refractivity contribution in [1.29, 1.82) is 0 Å². The summed E-state index contributed by atoms with van der Waals surface area (Å²) < 4.78 is 2.41. The molecule has 0 aliphatic carbocycles. The lowest BCUT2D eigenvalue weighted by Gasteiger charge is -2.15. The van der Waals surface area contributed by atoms with Gasteiger partial charge in [-0.05, 0) is 30.4 Å². The second kappa shape index (κ2) is 6.55. The number of amides is 1. The molecule has 2 nitrogen and oxygen atoms in total. The van der Waals surface area contributed by atoms with Crippen LogP contribution in [0, 0.1) is 0 Å². The average molecular weight is 302 g/mol. The highest BCUT2D eigenvalue weighted by atomic mass is 35.5. The smallest absolute Gasteiger partial charge is 0.263 e. The van der Waals surface area contributed by atoms with E-state index in [0.29, 0.717) is 5.88 Å². The Morgan fingerprint density at radius 1 is 1.33 bits per heavy atom. The Kier molecular flexibility index (Phi) is 5.03. The van der Waals surface area contributed by atoms with Gasteiger partial charge in [0.25, 0.3) is 5.91 Å². The third-order valence-corrected chi connectivity index (χ3v) is 5.17. The van der Waals surface area contributed by atoms with Gasteiger partial charge in [-0.15, -0.1) is 34.3 Å². The number of carbonyl (C=O) groups excluding carboxylic acids is 1. The second-order valence-corrected chi connectivity index (χ2v) is 6.65. The molecule has 0 aromatic carbocycles. The summed E-state index contributed by atoms with van der Waals surface area (Å²) in [6, 6.07) is 4.07. The van der Waals surface area contributed by atoms with Crippen molar-refractivity contribution in [3.05, 3.63) is 22.4 Å². The molecular formula is C13H16ClNOS2. The van der Waals surface area contributed by atoms with Gasteiger partial charge in [0.1, 0.15) is 0 Å². The molecule has 2 heterocycles. The lowest BCUT2D eigenvalue weighted by molar-refractivity contribution is 0.0797. The average Bonchev–Trinajstić information content (AvgIpc) is 2.94. The predicted octanol–water partition coefficient (Wildman–Crippen LogP) is 4.44. The van der Waals surface area contributed by atoms with E-state index in [1.54, 1.807) is 22.7 Å². The summed E-state index contributed by atoms with van der Waals surface area (Å²) in [5.74, 6) is 0.841. The lowest BCUT2D eigenvalue weighted by Crippen LogP contribution is -2.26.